The number of halogens is 1. The number of benzene rings is 1. The summed E-state index contributed by atoms with van der Waals surface area (Å²) in [6.45, 7) is 6.41. The Kier molecular flexibility index (Phi) is 3.56. The lowest BCUT2D eigenvalue weighted by Gasteiger charge is -2.26. The van der Waals surface area contributed by atoms with Gasteiger partial charge in [-0.25, -0.2) is 4.39 Å². The Morgan fingerprint density at radius 3 is 2.63 bits per heavy atom. The fourth-order valence-corrected chi connectivity index (χ4v) is 3.14. The molecule has 0 unspecified atom stereocenters. The first-order valence-electron chi connectivity index (χ1n) is 7.28. The second-order valence-electron chi connectivity index (χ2n) is 5.42. The highest BCUT2D eigenvalue weighted by Crippen LogP contribution is 2.23. The van der Waals surface area contributed by atoms with Crippen molar-refractivity contribution in [2.45, 2.75) is 39.3 Å². The highest BCUT2D eigenvalue weighted by molar-refractivity contribution is 5.81. The van der Waals surface area contributed by atoms with Crippen LogP contribution in [0.15, 0.2) is 24.3 Å². The maximum atomic E-state index is 13.4. The molecule has 1 aromatic carbocycles. The molecular formula is C16H21FN2. The van der Waals surface area contributed by atoms with Gasteiger partial charge in [0.15, 0.2) is 0 Å². The van der Waals surface area contributed by atoms with Gasteiger partial charge in [-0.15, -0.1) is 0 Å². The van der Waals surface area contributed by atoms with Crippen molar-refractivity contribution in [3.05, 3.63) is 35.8 Å². The molecule has 0 radical (unpaired) electrons. The number of rotatable bonds is 3. The van der Waals surface area contributed by atoms with Crippen LogP contribution in [0.5, 0.6) is 0 Å². The van der Waals surface area contributed by atoms with Crippen LogP contribution in [-0.2, 0) is 13.1 Å². The molecule has 1 fully saturated rings. The molecule has 2 heterocycles. The average molecular weight is 260 g/mol. The Hall–Kier alpha value is -1.35. The Labute approximate surface area is 113 Å². The zero-order valence-corrected chi connectivity index (χ0v) is 11.5. The molecule has 3 heteroatoms. The lowest BCUT2D eigenvalue weighted by molar-refractivity contribution is 0.216. The number of piperidine rings is 1. The SMILES string of the molecule is CCn1c(CN2CCCCC2)cc2ccc(F)cc21. The van der Waals surface area contributed by atoms with E-state index < -0.39 is 0 Å². The van der Waals surface area contributed by atoms with Crippen molar-refractivity contribution in [1.29, 1.82) is 0 Å². The first kappa shape index (κ1) is 12.7. The number of aryl methyl sites for hydroxylation is 1. The zero-order chi connectivity index (χ0) is 13.2. The van der Waals surface area contributed by atoms with E-state index in [1.807, 2.05) is 6.07 Å². The molecule has 0 spiro atoms. The summed E-state index contributed by atoms with van der Waals surface area (Å²) in [7, 11) is 0. The third kappa shape index (κ3) is 2.52. The largest absolute Gasteiger partial charge is 0.344 e. The molecule has 0 amide bonds. The van der Waals surface area contributed by atoms with Crippen LogP contribution in [0.1, 0.15) is 31.9 Å². The molecule has 0 saturated carbocycles. The van der Waals surface area contributed by atoms with Gasteiger partial charge in [-0.05, 0) is 57.1 Å². The van der Waals surface area contributed by atoms with Crippen molar-refractivity contribution in [2.75, 3.05) is 13.1 Å². The van der Waals surface area contributed by atoms with Crippen molar-refractivity contribution >= 4 is 10.9 Å². The second kappa shape index (κ2) is 5.33. The molecule has 1 aliphatic rings. The summed E-state index contributed by atoms with van der Waals surface area (Å²) in [6, 6.07) is 7.30. The molecule has 2 aromatic rings. The van der Waals surface area contributed by atoms with E-state index in [0.29, 0.717) is 0 Å². The molecule has 1 aliphatic heterocycles. The number of fused-ring (bicyclic) bond motifs is 1. The molecule has 19 heavy (non-hydrogen) atoms. The van der Waals surface area contributed by atoms with E-state index in [4.69, 9.17) is 0 Å². The van der Waals surface area contributed by atoms with Crippen LogP contribution in [0.3, 0.4) is 0 Å². The Balaban J connectivity index is 1.93. The van der Waals surface area contributed by atoms with Crippen LogP contribution in [0.2, 0.25) is 0 Å². The second-order valence-corrected chi connectivity index (χ2v) is 5.42. The predicted molar refractivity (Wildman–Crippen MR) is 76.7 cm³/mol. The lowest BCUT2D eigenvalue weighted by Crippen LogP contribution is -2.29. The van der Waals surface area contributed by atoms with Crippen LogP contribution in [0, 0.1) is 5.82 Å². The number of hydrogen-bond donors (Lipinski definition) is 0. The third-order valence-corrected chi connectivity index (χ3v) is 4.10. The highest BCUT2D eigenvalue weighted by atomic mass is 19.1. The fourth-order valence-electron chi connectivity index (χ4n) is 3.14. The van der Waals surface area contributed by atoms with Gasteiger partial charge >= 0.3 is 0 Å². The van der Waals surface area contributed by atoms with Crippen LogP contribution in [0.25, 0.3) is 10.9 Å². The fraction of sp³-hybridized carbons (Fsp3) is 0.500. The van der Waals surface area contributed by atoms with Gasteiger partial charge in [-0.1, -0.05) is 6.42 Å². The molecule has 102 valence electrons. The molecule has 2 nitrogen and oxygen atoms in total. The monoisotopic (exact) mass is 260 g/mol. The van der Waals surface area contributed by atoms with E-state index in [-0.39, 0.29) is 5.82 Å². The van der Waals surface area contributed by atoms with Gasteiger partial charge in [0.2, 0.25) is 0 Å². The summed E-state index contributed by atoms with van der Waals surface area (Å²) >= 11 is 0. The van der Waals surface area contributed by atoms with E-state index in [1.165, 1.54) is 38.0 Å². The third-order valence-electron chi connectivity index (χ3n) is 4.10. The Morgan fingerprint density at radius 2 is 1.89 bits per heavy atom. The summed E-state index contributed by atoms with van der Waals surface area (Å²) in [5.41, 5.74) is 2.33. The minimum Gasteiger partial charge on any atom is -0.344 e. The molecule has 1 saturated heterocycles. The predicted octanol–water partition coefficient (Wildman–Crippen LogP) is 3.79. The summed E-state index contributed by atoms with van der Waals surface area (Å²) in [6.07, 6.45) is 3.97. The highest BCUT2D eigenvalue weighted by Gasteiger charge is 2.14. The van der Waals surface area contributed by atoms with Crippen molar-refractivity contribution < 1.29 is 4.39 Å². The van der Waals surface area contributed by atoms with Gasteiger partial charge < -0.3 is 4.57 Å². The first-order chi connectivity index (χ1) is 9.28. The van der Waals surface area contributed by atoms with E-state index in [1.54, 1.807) is 12.1 Å². The normalized spacial score (nSPS) is 17.2. The molecule has 0 N–H and O–H groups in total. The molecular weight excluding hydrogens is 239 g/mol. The minimum atomic E-state index is -0.148. The number of hydrogen-bond acceptors (Lipinski definition) is 1. The molecule has 0 aliphatic carbocycles. The summed E-state index contributed by atoms with van der Waals surface area (Å²) in [5, 5.41) is 1.15. The van der Waals surface area contributed by atoms with E-state index >= 15 is 0 Å². The van der Waals surface area contributed by atoms with Crippen molar-refractivity contribution in [3.8, 4) is 0 Å². The zero-order valence-electron chi connectivity index (χ0n) is 11.5. The van der Waals surface area contributed by atoms with E-state index in [0.717, 1.165) is 24.0 Å². The average Bonchev–Trinajstić information content (AvgIpc) is 2.76. The smallest absolute Gasteiger partial charge is 0.125 e. The standard InChI is InChI=1S/C16H21FN2/c1-2-19-15(12-18-8-4-3-5-9-18)10-13-6-7-14(17)11-16(13)19/h6-7,10-11H,2-5,8-9,12H2,1H3. The van der Waals surface area contributed by atoms with Crippen LogP contribution in [0.4, 0.5) is 4.39 Å². The molecule has 0 bridgehead atoms. The van der Waals surface area contributed by atoms with Crippen molar-refractivity contribution in [1.82, 2.24) is 9.47 Å². The first-order valence-corrected chi connectivity index (χ1v) is 7.28. The summed E-state index contributed by atoms with van der Waals surface area (Å²) in [4.78, 5) is 2.51. The molecule has 1 aromatic heterocycles. The number of aromatic nitrogens is 1. The van der Waals surface area contributed by atoms with Gasteiger partial charge in [0, 0.05) is 24.2 Å². The summed E-state index contributed by atoms with van der Waals surface area (Å²) in [5.74, 6) is -0.148. The minimum absolute atomic E-state index is 0.148. The quantitative estimate of drug-likeness (QED) is 0.815. The Bertz CT molecular complexity index is 567. The maximum absolute atomic E-state index is 13.4. The molecule has 0 atom stereocenters. The van der Waals surface area contributed by atoms with Crippen molar-refractivity contribution in [3.63, 3.8) is 0 Å². The van der Waals surface area contributed by atoms with Gasteiger partial charge in [-0.3, -0.25) is 4.90 Å². The van der Waals surface area contributed by atoms with Crippen molar-refractivity contribution in [2.24, 2.45) is 0 Å². The van der Waals surface area contributed by atoms with E-state index in [2.05, 4.69) is 22.5 Å². The molecule has 3 rings (SSSR count). The van der Waals surface area contributed by atoms with Gasteiger partial charge in [0.05, 0.1) is 5.52 Å². The topological polar surface area (TPSA) is 8.17 Å². The van der Waals surface area contributed by atoms with E-state index in [9.17, 15) is 4.39 Å². The number of likely N-dealkylation sites (tertiary alicyclic amines) is 1. The van der Waals surface area contributed by atoms with Crippen LogP contribution >= 0.6 is 0 Å². The maximum Gasteiger partial charge on any atom is 0.125 e. The van der Waals surface area contributed by atoms with Gasteiger partial charge in [-0.2, -0.15) is 0 Å². The van der Waals surface area contributed by atoms with Gasteiger partial charge in [0.1, 0.15) is 5.82 Å². The van der Waals surface area contributed by atoms with Crippen LogP contribution < -0.4 is 0 Å². The van der Waals surface area contributed by atoms with Gasteiger partial charge in [0.25, 0.3) is 0 Å². The van der Waals surface area contributed by atoms with Crippen LogP contribution in [-0.4, -0.2) is 22.6 Å². The Morgan fingerprint density at radius 1 is 1.11 bits per heavy atom. The lowest BCUT2D eigenvalue weighted by atomic mass is 10.1. The number of nitrogens with zero attached hydrogens (tertiary/aromatic N) is 2. The summed E-state index contributed by atoms with van der Waals surface area (Å²) < 4.78 is 15.6.